The van der Waals surface area contributed by atoms with Crippen LogP contribution in [-0.4, -0.2) is 37.0 Å². The van der Waals surface area contributed by atoms with E-state index in [2.05, 4.69) is 15.5 Å². The van der Waals surface area contributed by atoms with Crippen molar-refractivity contribution in [2.45, 2.75) is 24.7 Å². The summed E-state index contributed by atoms with van der Waals surface area (Å²) in [6, 6.07) is 12.4. The van der Waals surface area contributed by atoms with E-state index in [1.54, 1.807) is 30.3 Å². The summed E-state index contributed by atoms with van der Waals surface area (Å²) >= 11 is 2.77. The van der Waals surface area contributed by atoms with Crippen molar-refractivity contribution in [3.05, 3.63) is 64.7 Å². The Labute approximate surface area is 184 Å². The van der Waals surface area contributed by atoms with Gasteiger partial charge in [-0.2, -0.15) is 0 Å². The number of hydrogen-bond acceptors (Lipinski definition) is 7. The summed E-state index contributed by atoms with van der Waals surface area (Å²) in [6.45, 7) is 4.11. The standard InChI is InChI=1S/C20H22N4O3S3/c1-13-5-10-17(11-14(13)2)24(30(4,26)27)12-15-6-8-16(9-7-15)18(25)21-19-22-23-20(28-3)29-19/h5-11H,12H2,1-4H3,(H,21,22,25). The van der Waals surface area contributed by atoms with Gasteiger partial charge in [0, 0.05) is 5.56 Å². The molecule has 1 N–H and O–H groups in total. The molecule has 10 heteroatoms. The largest absolute Gasteiger partial charge is 0.296 e. The summed E-state index contributed by atoms with van der Waals surface area (Å²) in [7, 11) is -3.47. The fraction of sp³-hybridized carbons (Fsp3) is 0.250. The number of hydrogen-bond donors (Lipinski definition) is 1. The van der Waals surface area contributed by atoms with Crippen molar-refractivity contribution in [3.8, 4) is 0 Å². The molecule has 1 amide bonds. The number of thioether (sulfide) groups is 1. The normalized spacial score (nSPS) is 11.3. The van der Waals surface area contributed by atoms with Gasteiger partial charge in [-0.1, -0.05) is 41.3 Å². The van der Waals surface area contributed by atoms with Crippen LogP contribution in [0.4, 0.5) is 10.8 Å². The Morgan fingerprint density at radius 2 is 1.80 bits per heavy atom. The van der Waals surface area contributed by atoms with E-state index in [1.807, 2.05) is 32.2 Å². The van der Waals surface area contributed by atoms with E-state index in [1.165, 1.54) is 33.7 Å². The number of anilines is 2. The first-order chi connectivity index (χ1) is 14.2. The zero-order chi connectivity index (χ0) is 21.9. The lowest BCUT2D eigenvalue weighted by molar-refractivity contribution is 0.102. The fourth-order valence-electron chi connectivity index (χ4n) is 2.72. The number of nitrogens with zero attached hydrogens (tertiary/aromatic N) is 3. The first kappa shape index (κ1) is 22.3. The third kappa shape index (κ3) is 5.38. The van der Waals surface area contributed by atoms with E-state index in [9.17, 15) is 13.2 Å². The van der Waals surface area contributed by atoms with Gasteiger partial charge in [-0.15, -0.1) is 10.2 Å². The predicted molar refractivity (Wildman–Crippen MR) is 123 cm³/mol. The maximum Gasteiger partial charge on any atom is 0.257 e. The Bertz CT molecular complexity index is 1160. The molecule has 0 saturated heterocycles. The van der Waals surface area contributed by atoms with Crippen LogP contribution in [0.3, 0.4) is 0 Å². The van der Waals surface area contributed by atoms with Crippen LogP contribution in [0.5, 0.6) is 0 Å². The zero-order valence-corrected chi connectivity index (χ0v) is 19.5. The number of aryl methyl sites for hydroxylation is 2. The van der Waals surface area contributed by atoms with Crippen molar-refractivity contribution in [3.63, 3.8) is 0 Å². The van der Waals surface area contributed by atoms with Gasteiger partial charge in [0.1, 0.15) is 0 Å². The fourth-order valence-corrected chi connectivity index (χ4v) is 4.77. The van der Waals surface area contributed by atoms with Crippen LogP contribution in [0, 0.1) is 13.8 Å². The monoisotopic (exact) mass is 462 g/mol. The van der Waals surface area contributed by atoms with Crippen molar-refractivity contribution in [1.82, 2.24) is 10.2 Å². The average molecular weight is 463 g/mol. The molecule has 0 bridgehead atoms. The average Bonchev–Trinajstić information content (AvgIpc) is 3.15. The lowest BCUT2D eigenvalue weighted by Crippen LogP contribution is -2.29. The molecule has 0 aliphatic carbocycles. The summed E-state index contributed by atoms with van der Waals surface area (Å²) in [5, 5.41) is 11.0. The number of nitrogens with one attached hydrogen (secondary N) is 1. The summed E-state index contributed by atoms with van der Waals surface area (Å²) < 4.78 is 26.9. The summed E-state index contributed by atoms with van der Waals surface area (Å²) in [5.41, 5.74) is 3.97. The summed E-state index contributed by atoms with van der Waals surface area (Å²) in [6.07, 6.45) is 3.08. The Hall–Kier alpha value is -2.43. The Kier molecular flexibility index (Phi) is 6.79. The molecule has 2 aromatic carbocycles. The number of benzene rings is 2. The second-order valence-corrected chi connectivity index (χ2v) is 10.7. The van der Waals surface area contributed by atoms with Crippen LogP contribution >= 0.6 is 23.1 Å². The van der Waals surface area contributed by atoms with Crippen molar-refractivity contribution >= 4 is 49.8 Å². The molecule has 158 valence electrons. The lowest BCUT2D eigenvalue weighted by atomic mass is 10.1. The SMILES string of the molecule is CSc1nnc(NC(=O)c2ccc(CN(c3ccc(C)c(C)c3)S(C)(=O)=O)cc2)s1. The maximum atomic E-state index is 12.4. The minimum atomic E-state index is -3.47. The number of carbonyl (C=O) groups excluding carboxylic acids is 1. The minimum Gasteiger partial charge on any atom is -0.296 e. The van der Waals surface area contributed by atoms with Crippen LogP contribution in [0.15, 0.2) is 46.8 Å². The van der Waals surface area contributed by atoms with Gasteiger partial charge >= 0.3 is 0 Å². The lowest BCUT2D eigenvalue weighted by Gasteiger charge is -2.23. The molecule has 0 saturated carbocycles. The van der Waals surface area contributed by atoms with Gasteiger partial charge in [-0.05, 0) is 61.1 Å². The number of rotatable bonds is 7. The summed E-state index contributed by atoms with van der Waals surface area (Å²) in [5.74, 6) is -0.292. The maximum absolute atomic E-state index is 12.4. The Morgan fingerprint density at radius 3 is 2.37 bits per heavy atom. The number of carbonyl (C=O) groups is 1. The highest BCUT2D eigenvalue weighted by molar-refractivity contribution is 8.00. The van der Waals surface area contributed by atoms with Crippen LogP contribution in [0.1, 0.15) is 27.0 Å². The molecule has 0 aliphatic heterocycles. The zero-order valence-electron chi connectivity index (χ0n) is 17.0. The van der Waals surface area contributed by atoms with Gasteiger partial charge in [0.2, 0.25) is 15.2 Å². The molecule has 3 rings (SSSR count). The summed E-state index contributed by atoms with van der Waals surface area (Å²) in [4.78, 5) is 12.4. The van der Waals surface area contributed by atoms with E-state index in [-0.39, 0.29) is 12.5 Å². The molecule has 1 heterocycles. The van der Waals surface area contributed by atoms with Crippen molar-refractivity contribution < 1.29 is 13.2 Å². The van der Waals surface area contributed by atoms with Gasteiger partial charge in [-0.25, -0.2) is 8.42 Å². The predicted octanol–water partition coefficient (Wildman–Crippen LogP) is 4.10. The molecular weight excluding hydrogens is 440 g/mol. The van der Waals surface area contributed by atoms with Gasteiger partial charge < -0.3 is 0 Å². The minimum absolute atomic E-state index is 0.177. The molecular formula is C20H22N4O3S3. The van der Waals surface area contributed by atoms with Crippen molar-refractivity contribution in [2.75, 3.05) is 22.1 Å². The molecule has 7 nitrogen and oxygen atoms in total. The third-order valence-electron chi connectivity index (χ3n) is 4.52. The van der Waals surface area contributed by atoms with Gasteiger partial charge in [0.25, 0.3) is 5.91 Å². The first-order valence-electron chi connectivity index (χ1n) is 9.00. The molecule has 3 aromatic rings. The second kappa shape index (κ2) is 9.15. The topological polar surface area (TPSA) is 92.3 Å². The highest BCUT2D eigenvalue weighted by atomic mass is 32.2. The van der Waals surface area contributed by atoms with E-state index < -0.39 is 10.0 Å². The van der Waals surface area contributed by atoms with Gasteiger partial charge in [-0.3, -0.25) is 14.4 Å². The van der Waals surface area contributed by atoms with E-state index in [4.69, 9.17) is 0 Å². The number of sulfonamides is 1. The molecule has 0 radical (unpaired) electrons. The number of aromatic nitrogens is 2. The molecule has 0 atom stereocenters. The van der Waals surface area contributed by atoms with Crippen LogP contribution < -0.4 is 9.62 Å². The molecule has 0 aliphatic rings. The van der Waals surface area contributed by atoms with Crippen molar-refractivity contribution in [1.29, 1.82) is 0 Å². The van der Waals surface area contributed by atoms with Crippen LogP contribution in [0.2, 0.25) is 0 Å². The highest BCUT2D eigenvalue weighted by Crippen LogP contribution is 2.25. The quantitative estimate of drug-likeness (QED) is 0.420. The van der Waals surface area contributed by atoms with Crippen LogP contribution in [-0.2, 0) is 16.6 Å². The third-order valence-corrected chi connectivity index (χ3v) is 7.48. The smallest absolute Gasteiger partial charge is 0.257 e. The molecule has 30 heavy (non-hydrogen) atoms. The molecule has 0 unspecified atom stereocenters. The Balaban J connectivity index is 1.76. The van der Waals surface area contributed by atoms with E-state index in [0.29, 0.717) is 16.4 Å². The molecule has 0 fully saturated rings. The number of amides is 1. The van der Waals surface area contributed by atoms with E-state index in [0.717, 1.165) is 21.0 Å². The molecule has 0 spiro atoms. The van der Waals surface area contributed by atoms with Crippen molar-refractivity contribution in [2.24, 2.45) is 0 Å². The Morgan fingerprint density at radius 1 is 1.10 bits per heavy atom. The van der Waals surface area contributed by atoms with Gasteiger partial charge in [0.15, 0.2) is 4.34 Å². The second-order valence-electron chi connectivity index (χ2n) is 6.77. The van der Waals surface area contributed by atoms with E-state index >= 15 is 0 Å². The first-order valence-corrected chi connectivity index (χ1v) is 12.9. The van der Waals surface area contributed by atoms with Crippen LogP contribution in [0.25, 0.3) is 0 Å². The van der Waals surface area contributed by atoms with Gasteiger partial charge in [0.05, 0.1) is 18.5 Å². The molecule has 1 aromatic heterocycles. The highest BCUT2D eigenvalue weighted by Gasteiger charge is 2.19.